The Kier molecular flexibility index (Phi) is 6.09. The highest BCUT2D eigenvalue weighted by molar-refractivity contribution is 7.99. The van der Waals surface area contributed by atoms with E-state index in [1.807, 2.05) is 0 Å². The lowest BCUT2D eigenvalue weighted by Gasteiger charge is -2.22. The van der Waals surface area contributed by atoms with Crippen LogP contribution in [-0.2, 0) is 4.74 Å². The van der Waals surface area contributed by atoms with Crippen molar-refractivity contribution in [3.8, 4) is 12.3 Å². The average molecular weight is 199 g/mol. The van der Waals surface area contributed by atoms with E-state index in [4.69, 9.17) is 11.2 Å². The summed E-state index contributed by atoms with van der Waals surface area (Å²) in [6.07, 6.45) is 7.58. The van der Waals surface area contributed by atoms with Crippen molar-refractivity contribution in [3.63, 3.8) is 0 Å². The van der Waals surface area contributed by atoms with Crippen molar-refractivity contribution in [2.45, 2.75) is 18.9 Å². The van der Waals surface area contributed by atoms with E-state index in [0.29, 0.717) is 6.04 Å². The van der Waals surface area contributed by atoms with Gasteiger partial charge in [0, 0.05) is 24.9 Å². The third-order valence-corrected chi connectivity index (χ3v) is 2.89. The Balaban J connectivity index is 1.90. The number of ether oxygens (including phenoxy) is 1. The summed E-state index contributed by atoms with van der Waals surface area (Å²) in [5, 5.41) is 3.47. The first kappa shape index (κ1) is 10.9. The van der Waals surface area contributed by atoms with Crippen molar-refractivity contribution in [2.75, 3.05) is 31.3 Å². The van der Waals surface area contributed by atoms with Crippen LogP contribution in [0.3, 0.4) is 0 Å². The molecule has 1 atom stereocenters. The van der Waals surface area contributed by atoms with E-state index < -0.39 is 0 Å². The fourth-order valence-corrected chi connectivity index (χ4v) is 1.89. The van der Waals surface area contributed by atoms with Crippen molar-refractivity contribution in [2.24, 2.45) is 0 Å². The van der Waals surface area contributed by atoms with Gasteiger partial charge in [-0.05, 0) is 12.8 Å². The Hall–Kier alpha value is -0.170. The van der Waals surface area contributed by atoms with Gasteiger partial charge < -0.3 is 10.1 Å². The van der Waals surface area contributed by atoms with Gasteiger partial charge in [-0.1, -0.05) is 5.92 Å². The Morgan fingerprint density at radius 2 is 2.54 bits per heavy atom. The topological polar surface area (TPSA) is 21.3 Å². The van der Waals surface area contributed by atoms with Gasteiger partial charge in [0.2, 0.25) is 0 Å². The molecule has 13 heavy (non-hydrogen) atoms. The first-order valence-corrected chi connectivity index (χ1v) is 5.91. The van der Waals surface area contributed by atoms with Gasteiger partial charge in [-0.15, -0.1) is 18.2 Å². The molecule has 0 aromatic heterocycles. The molecule has 1 aliphatic heterocycles. The minimum atomic E-state index is 0.570. The highest BCUT2D eigenvalue weighted by Gasteiger charge is 2.11. The van der Waals surface area contributed by atoms with Gasteiger partial charge in [0.05, 0.1) is 12.4 Å². The first-order valence-electron chi connectivity index (χ1n) is 4.76. The molecule has 0 radical (unpaired) electrons. The molecule has 0 spiro atoms. The Labute approximate surface area is 84.8 Å². The quantitative estimate of drug-likeness (QED) is 0.529. The molecule has 0 aliphatic carbocycles. The number of thioether (sulfide) groups is 1. The van der Waals surface area contributed by atoms with Crippen LogP contribution in [0.1, 0.15) is 12.8 Å². The van der Waals surface area contributed by atoms with E-state index in [0.717, 1.165) is 31.3 Å². The fourth-order valence-electron chi connectivity index (χ4n) is 1.37. The summed E-state index contributed by atoms with van der Waals surface area (Å²) in [7, 11) is 0. The van der Waals surface area contributed by atoms with E-state index in [1.54, 1.807) is 11.8 Å². The minimum absolute atomic E-state index is 0.570. The summed E-state index contributed by atoms with van der Waals surface area (Å²) in [5.74, 6) is 4.54. The molecule has 0 amide bonds. The Morgan fingerprint density at radius 3 is 3.23 bits per heavy atom. The van der Waals surface area contributed by atoms with Gasteiger partial charge in [-0.25, -0.2) is 0 Å². The standard InChI is InChI=1S/C10H17NOS/c1-2-7-13-8-5-11-10-4-3-6-12-9-10/h1,10-11H,3-9H2. The van der Waals surface area contributed by atoms with E-state index in [9.17, 15) is 0 Å². The molecular formula is C10H17NOS. The van der Waals surface area contributed by atoms with Crippen LogP contribution < -0.4 is 5.32 Å². The van der Waals surface area contributed by atoms with Gasteiger partial charge >= 0.3 is 0 Å². The van der Waals surface area contributed by atoms with Crippen molar-refractivity contribution in [1.82, 2.24) is 5.32 Å². The van der Waals surface area contributed by atoms with E-state index >= 15 is 0 Å². The summed E-state index contributed by atoms with van der Waals surface area (Å²) in [6.45, 7) is 2.85. The molecule has 1 fully saturated rings. The first-order chi connectivity index (χ1) is 6.43. The van der Waals surface area contributed by atoms with Crippen molar-refractivity contribution in [1.29, 1.82) is 0 Å². The normalized spacial score (nSPS) is 22.5. The lowest BCUT2D eigenvalue weighted by atomic mass is 10.1. The second-order valence-corrected chi connectivity index (χ2v) is 4.23. The maximum Gasteiger partial charge on any atom is 0.0619 e. The summed E-state index contributed by atoms with van der Waals surface area (Å²) < 4.78 is 5.36. The van der Waals surface area contributed by atoms with Crippen LogP contribution in [0.4, 0.5) is 0 Å². The highest BCUT2D eigenvalue weighted by Crippen LogP contribution is 2.05. The van der Waals surface area contributed by atoms with Crippen LogP contribution in [0, 0.1) is 12.3 Å². The zero-order valence-corrected chi connectivity index (χ0v) is 8.74. The molecule has 1 N–H and O–H groups in total. The lowest BCUT2D eigenvalue weighted by Crippen LogP contribution is -2.37. The zero-order chi connectivity index (χ0) is 9.36. The fraction of sp³-hybridized carbons (Fsp3) is 0.800. The van der Waals surface area contributed by atoms with Crippen LogP contribution in [0.2, 0.25) is 0 Å². The van der Waals surface area contributed by atoms with Crippen molar-refractivity contribution in [3.05, 3.63) is 0 Å². The highest BCUT2D eigenvalue weighted by atomic mass is 32.2. The second kappa shape index (κ2) is 7.25. The van der Waals surface area contributed by atoms with Crippen molar-refractivity contribution < 1.29 is 4.74 Å². The van der Waals surface area contributed by atoms with E-state index in [2.05, 4.69) is 11.2 Å². The van der Waals surface area contributed by atoms with Crippen LogP contribution in [0.15, 0.2) is 0 Å². The predicted molar refractivity (Wildman–Crippen MR) is 58.0 cm³/mol. The molecule has 1 unspecified atom stereocenters. The van der Waals surface area contributed by atoms with Gasteiger partial charge in [0.15, 0.2) is 0 Å². The molecule has 3 heteroatoms. The Morgan fingerprint density at radius 1 is 1.62 bits per heavy atom. The summed E-state index contributed by atoms with van der Waals surface area (Å²) >= 11 is 1.80. The molecule has 0 bridgehead atoms. The van der Waals surface area contributed by atoms with Crippen LogP contribution in [0.5, 0.6) is 0 Å². The molecule has 0 saturated carbocycles. The largest absolute Gasteiger partial charge is 0.380 e. The number of rotatable bonds is 5. The third kappa shape index (κ3) is 5.20. The van der Waals surface area contributed by atoms with Gasteiger partial charge in [0.1, 0.15) is 0 Å². The number of nitrogens with one attached hydrogen (secondary N) is 1. The predicted octanol–water partition coefficient (Wildman–Crippen LogP) is 1.12. The minimum Gasteiger partial charge on any atom is -0.380 e. The van der Waals surface area contributed by atoms with Gasteiger partial charge in [-0.2, -0.15) is 0 Å². The molecule has 0 aromatic carbocycles. The number of hydrogen-bond donors (Lipinski definition) is 1. The molecule has 0 aromatic rings. The monoisotopic (exact) mass is 199 g/mol. The molecule has 1 aliphatic rings. The van der Waals surface area contributed by atoms with Crippen LogP contribution in [-0.4, -0.2) is 37.3 Å². The third-order valence-electron chi connectivity index (χ3n) is 2.03. The lowest BCUT2D eigenvalue weighted by molar-refractivity contribution is 0.0712. The maximum absolute atomic E-state index is 5.36. The SMILES string of the molecule is C#CCSCCNC1CCCOC1. The zero-order valence-electron chi connectivity index (χ0n) is 7.92. The molecule has 1 rings (SSSR count). The van der Waals surface area contributed by atoms with Crippen molar-refractivity contribution >= 4 is 11.8 Å². The Bertz CT molecular complexity index is 161. The molecule has 74 valence electrons. The molecule has 1 saturated heterocycles. The number of hydrogen-bond acceptors (Lipinski definition) is 3. The van der Waals surface area contributed by atoms with Gasteiger partial charge in [0.25, 0.3) is 0 Å². The van der Waals surface area contributed by atoms with E-state index in [-0.39, 0.29) is 0 Å². The van der Waals surface area contributed by atoms with Gasteiger partial charge in [-0.3, -0.25) is 0 Å². The summed E-state index contributed by atoms with van der Waals surface area (Å²) in [6, 6.07) is 0.570. The maximum atomic E-state index is 5.36. The summed E-state index contributed by atoms with van der Waals surface area (Å²) in [5.41, 5.74) is 0. The number of terminal acetylenes is 1. The van der Waals surface area contributed by atoms with E-state index in [1.165, 1.54) is 12.8 Å². The molecule has 2 nitrogen and oxygen atoms in total. The van der Waals surface area contributed by atoms with Crippen LogP contribution in [0.25, 0.3) is 0 Å². The summed E-state index contributed by atoms with van der Waals surface area (Å²) in [4.78, 5) is 0. The average Bonchev–Trinajstić information content (AvgIpc) is 2.19. The molecular weight excluding hydrogens is 182 g/mol. The van der Waals surface area contributed by atoms with Crippen LogP contribution >= 0.6 is 11.8 Å². The molecule has 1 heterocycles. The second-order valence-electron chi connectivity index (χ2n) is 3.12. The smallest absolute Gasteiger partial charge is 0.0619 e.